The Balaban J connectivity index is 2.34. The lowest BCUT2D eigenvalue weighted by Gasteiger charge is -2.28. The number of nitrogens with zero attached hydrogens (tertiary/aromatic N) is 3. The van der Waals surface area contributed by atoms with E-state index in [1.165, 1.54) is 20.2 Å². The van der Waals surface area contributed by atoms with Gasteiger partial charge in [0.2, 0.25) is 0 Å². The smallest absolute Gasteiger partial charge is 0.333 e. The molecule has 0 saturated carbocycles. The van der Waals surface area contributed by atoms with Gasteiger partial charge in [-0.3, -0.25) is 19.4 Å². The average molecular weight is 305 g/mol. The molecule has 7 heteroatoms. The predicted molar refractivity (Wildman–Crippen MR) is 81.2 cm³/mol. The lowest BCUT2D eigenvalue weighted by atomic mass is 10.1. The molecule has 118 valence electrons. The number of amides is 4. The Morgan fingerprint density at radius 1 is 1.05 bits per heavy atom. The Labute approximate surface area is 128 Å². The van der Waals surface area contributed by atoms with Crippen molar-refractivity contribution in [2.45, 2.75) is 13.8 Å². The number of likely N-dealkylation sites (N-methyl/N-ethyl adjacent to an activating group) is 2. The van der Waals surface area contributed by atoms with Gasteiger partial charge in [0.25, 0.3) is 11.8 Å². The summed E-state index contributed by atoms with van der Waals surface area (Å²) in [4.78, 5) is 39.7. The van der Waals surface area contributed by atoms with E-state index in [4.69, 9.17) is 4.42 Å². The highest BCUT2D eigenvalue weighted by Gasteiger charge is 2.38. The molecule has 1 aliphatic rings. The Morgan fingerprint density at radius 2 is 1.59 bits per heavy atom. The highest BCUT2D eigenvalue weighted by atomic mass is 16.4. The van der Waals surface area contributed by atoms with E-state index < -0.39 is 17.8 Å². The first-order valence-electron chi connectivity index (χ1n) is 7.07. The lowest BCUT2D eigenvalue weighted by molar-refractivity contribution is -0.134. The zero-order valence-electron chi connectivity index (χ0n) is 13.1. The summed E-state index contributed by atoms with van der Waals surface area (Å²) in [5.74, 6) is -0.192. The third-order valence-corrected chi connectivity index (χ3v) is 3.62. The zero-order chi connectivity index (χ0) is 16.4. The SMILES string of the molecule is CCN(CC)c1ccc(C=C2C(=O)N(C)C(=O)N(C)C2=O)o1. The van der Waals surface area contributed by atoms with Crippen molar-refractivity contribution in [3.8, 4) is 0 Å². The van der Waals surface area contributed by atoms with Crippen LogP contribution in [0.1, 0.15) is 19.6 Å². The Hall–Kier alpha value is -2.57. The van der Waals surface area contributed by atoms with E-state index in [0.29, 0.717) is 11.6 Å². The first kappa shape index (κ1) is 15.8. The van der Waals surface area contributed by atoms with Crippen LogP contribution >= 0.6 is 0 Å². The fraction of sp³-hybridized carbons (Fsp3) is 0.400. The number of carbonyl (C=O) groups excluding carboxylic acids is 3. The molecule has 0 N–H and O–H groups in total. The summed E-state index contributed by atoms with van der Waals surface area (Å²) in [7, 11) is 2.68. The van der Waals surface area contributed by atoms with Crippen molar-refractivity contribution in [3.63, 3.8) is 0 Å². The van der Waals surface area contributed by atoms with Crippen LogP contribution in [0.3, 0.4) is 0 Å². The molecule has 1 aromatic rings. The van der Waals surface area contributed by atoms with Gasteiger partial charge in [-0.2, -0.15) is 0 Å². The van der Waals surface area contributed by atoms with Gasteiger partial charge in [-0.15, -0.1) is 0 Å². The summed E-state index contributed by atoms with van der Waals surface area (Å²) in [5.41, 5.74) is -0.0925. The van der Waals surface area contributed by atoms with Crippen LogP contribution in [0.15, 0.2) is 22.1 Å². The molecule has 1 aromatic heterocycles. The monoisotopic (exact) mass is 305 g/mol. The van der Waals surface area contributed by atoms with E-state index in [9.17, 15) is 14.4 Å². The zero-order valence-corrected chi connectivity index (χ0v) is 13.1. The number of rotatable bonds is 4. The van der Waals surface area contributed by atoms with Crippen LogP contribution in [0.25, 0.3) is 6.08 Å². The summed E-state index contributed by atoms with van der Waals surface area (Å²) in [5, 5.41) is 0. The van der Waals surface area contributed by atoms with Gasteiger partial charge in [-0.05, 0) is 26.0 Å². The van der Waals surface area contributed by atoms with E-state index in [1.807, 2.05) is 18.7 Å². The maximum atomic E-state index is 12.1. The maximum absolute atomic E-state index is 12.1. The average Bonchev–Trinajstić information content (AvgIpc) is 2.97. The van der Waals surface area contributed by atoms with Gasteiger partial charge in [0.1, 0.15) is 11.3 Å². The molecule has 22 heavy (non-hydrogen) atoms. The first-order valence-corrected chi connectivity index (χ1v) is 7.07. The second-order valence-corrected chi connectivity index (χ2v) is 4.92. The summed E-state index contributed by atoms with van der Waals surface area (Å²) >= 11 is 0. The molecule has 7 nitrogen and oxygen atoms in total. The normalized spacial score (nSPS) is 15.6. The summed E-state index contributed by atoms with van der Waals surface area (Å²) in [6, 6.07) is 2.84. The van der Waals surface area contributed by atoms with Crippen molar-refractivity contribution < 1.29 is 18.8 Å². The fourth-order valence-electron chi connectivity index (χ4n) is 2.24. The van der Waals surface area contributed by atoms with Gasteiger partial charge in [-0.25, -0.2) is 4.79 Å². The van der Waals surface area contributed by atoms with Gasteiger partial charge >= 0.3 is 6.03 Å². The molecule has 0 aromatic carbocycles. The minimum atomic E-state index is -0.643. The highest BCUT2D eigenvalue weighted by Crippen LogP contribution is 2.23. The van der Waals surface area contributed by atoms with E-state index in [0.717, 1.165) is 22.9 Å². The topological polar surface area (TPSA) is 74.1 Å². The van der Waals surface area contributed by atoms with E-state index in [2.05, 4.69) is 0 Å². The van der Waals surface area contributed by atoms with Crippen molar-refractivity contribution in [2.24, 2.45) is 0 Å². The van der Waals surface area contributed by atoms with E-state index >= 15 is 0 Å². The van der Waals surface area contributed by atoms with Crippen LogP contribution < -0.4 is 4.90 Å². The second-order valence-electron chi connectivity index (χ2n) is 4.92. The number of imide groups is 2. The van der Waals surface area contributed by atoms with Crippen LogP contribution in [-0.4, -0.2) is 54.8 Å². The summed E-state index contributed by atoms with van der Waals surface area (Å²) in [6.07, 6.45) is 1.37. The van der Waals surface area contributed by atoms with Gasteiger partial charge in [0.05, 0.1) is 0 Å². The van der Waals surface area contributed by atoms with Crippen LogP contribution in [0.4, 0.5) is 10.7 Å². The van der Waals surface area contributed by atoms with Gasteiger partial charge < -0.3 is 9.32 Å². The molecule has 2 rings (SSSR count). The third-order valence-electron chi connectivity index (χ3n) is 3.62. The molecule has 0 radical (unpaired) electrons. The first-order chi connectivity index (χ1) is 10.4. The molecule has 2 heterocycles. The number of hydrogen-bond acceptors (Lipinski definition) is 5. The lowest BCUT2D eigenvalue weighted by Crippen LogP contribution is -2.52. The van der Waals surface area contributed by atoms with E-state index in [1.54, 1.807) is 12.1 Å². The molecule has 0 atom stereocenters. The Morgan fingerprint density at radius 3 is 2.09 bits per heavy atom. The van der Waals surface area contributed by atoms with Crippen LogP contribution in [-0.2, 0) is 9.59 Å². The quantitative estimate of drug-likeness (QED) is 0.623. The fourth-order valence-corrected chi connectivity index (χ4v) is 2.24. The highest BCUT2D eigenvalue weighted by molar-refractivity contribution is 6.30. The number of carbonyl (C=O) groups is 3. The standard InChI is InChI=1S/C15H19N3O4/c1-5-18(6-2)12-8-7-10(22-12)9-11-13(19)16(3)15(21)17(4)14(11)20/h7-9H,5-6H2,1-4H3. The Kier molecular flexibility index (Phi) is 4.35. The summed E-state index contributed by atoms with van der Waals surface area (Å²) < 4.78 is 5.65. The molecule has 4 amide bonds. The number of anilines is 1. The van der Waals surface area contributed by atoms with Crippen LogP contribution in [0, 0.1) is 0 Å². The van der Waals surface area contributed by atoms with Crippen molar-refractivity contribution in [3.05, 3.63) is 23.5 Å². The van der Waals surface area contributed by atoms with Crippen molar-refractivity contribution >= 4 is 29.8 Å². The molecule has 1 aliphatic heterocycles. The molecule has 0 unspecified atom stereocenters. The molecule has 1 fully saturated rings. The third kappa shape index (κ3) is 2.61. The number of hydrogen-bond donors (Lipinski definition) is 0. The molecule has 0 spiro atoms. The number of furan rings is 1. The van der Waals surface area contributed by atoms with Crippen LogP contribution in [0.2, 0.25) is 0 Å². The van der Waals surface area contributed by atoms with Gasteiger partial charge in [0, 0.05) is 33.3 Å². The minimum Gasteiger partial charge on any atom is -0.441 e. The minimum absolute atomic E-state index is 0.0925. The van der Waals surface area contributed by atoms with Crippen molar-refractivity contribution in [1.29, 1.82) is 0 Å². The van der Waals surface area contributed by atoms with Gasteiger partial charge in [-0.1, -0.05) is 0 Å². The van der Waals surface area contributed by atoms with Crippen molar-refractivity contribution in [1.82, 2.24) is 9.80 Å². The molecule has 0 bridgehead atoms. The second kappa shape index (κ2) is 6.05. The van der Waals surface area contributed by atoms with Crippen LogP contribution in [0.5, 0.6) is 0 Å². The predicted octanol–water partition coefficient (Wildman–Crippen LogP) is 1.56. The Bertz CT molecular complexity index is 617. The summed E-state index contributed by atoms with van der Waals surface area (Å²) in [6.45, 7) is 5.59. The van der Waals surface area contributed by atoms with Crippen molar-refractivity contribution in [2.75, 3.05) is 32.1 Å². The molecule has 0 aliphatic carbocycles. The number of urea groups is 1. The van der Waals surface area contributed by atoms with E-state index in [-0.39, 0.29) is 5.57 Å². The largest absolute Gasteiger partial charge is 0.441 e. The molecular formula is C15H19N3O4. The maximum Gasteiger partial charge on any atom is 0.333 e. The van der Waals surface area contributed by atoms with Gasteiger partial charge in [0.15, 0.2) is 5.88 Å². The molecular weight excluding hydrogens is 286 g/mol. The number of barbiturate groups is 1. The molecule has 1 saturated heterocycles.